The molecule has 6 heteroatoms. The van der Waals surface area contributed by atoms with Gasteiger partial charge in [-0.15, -0.1) is 0 Å². The predicted octanol–water partition coefficient (Wildman–Crippen LogP) is 5.75. The van der Waals surface area contributed by atoms with Gasteiger partial charge in [-0.3, -0.25) is 9.97 Å². The lowest BCUT2D eigenvalue weighted by Gasteiger charge is -2.12. The summed E-state index contributed by atoms with van der Waals surface area (Å²) in [7, 11) is 6.66. The summed E-state index contributed by atoms with van der Waals surface area (Å²) in [6, 6.07) is 20.2. The molecule has 6 nitrogen and oxygen atoms in total. The van der Waals surface area contributed by atoms with Crippen molar-refractivity contribution in [2.45, 2.75) is 25.7 Å². The number of methoxy groups -OCH3 is 4. The molecule has 0 fully saturated rings. The van der Waals surface area contributed by atoms with Crippen LogP contribution >= 0.6 is 0 Å². The highest BCUT2D eigenvalue weighted by atomic mass is 16.5. The molecule has 0 unspecified atom stereocenters. The zero-order valence-corrected chi connectivity index (χ0v) is 21.3. The van der Waals surface area contributed by atoms with E-state index in [1.165, 1.54) is 0 Å². The van der Waals surface area contributed by atoms with Crippen molar-refractivity contribution in [1.82, 2.24) is 9.97 Å². The summed E-state index contributed by atoms with van der Waals surface area (Å²) in [6.07, 6.45) is 7.24. The smallest absolute Gasteiger partial charge is 0.163 e. The molecule has 0 atom stereocenters. The van der Waals surface area contributed by atoms with Gasteiger partial charge in [0.1, 0.15) is 0 Å². The van der Waals surface area contributed by atoms with Crippen LogP contribution in [0.1, 0.15) is 22.3 Å². The average molecular weight is 485 g/mol. The summed E-state index contributed by atoms with van der Waals surface area (Å²) in [5.41, 5.74) is 6.27. The Bertz CT molecular complexity index is 1170. The molecule has 0 spiro atoms. The largest absolute Gasteiger partial charge is 0.493 e. The molecule has 0 aliphatic heterocycles. The number of rotatable bonds is 11. The Hall–Kier alpha value is -4.06. The van der Waals surface area contributed by atoms with E-state index in [1.54, 1.807) is 28.4 Å². The zero-order chi connectivity index (χ0) is 25.3. The number of ether oxygens (including phenoxy) is 4. The number of hydrogen-bond acceptors (Lipinski definition) is 6. The number of aryl methyl sites for hydroxylation is 4. The van der Waals surface area contributed by atoms with E-state index in [0.717, 1.165) is 82.3 Å². The molecule has 2 aromatic heterocycles. The molecule has 0 N–H and O–H groups in total. The summed E-state index contributed by atoms with van der Waals surface area (Å²) >= 11 is 0. The third kappa shape index (κ3) is 5.77. The van der Waals surface area contributed by atoms with Crippen LogP contribution in [0.4, 0.5) is 0 Å². The molecule has 0 radical (unpaired) electrons. The van der Waals surface area contributed by atoms with Crippen LogP contribution in [0, 0.1) is 0 Å². The lowest BCUT2D eigenvalue weighted by atomic mass is 10.0. The Balaban J connectivity index is 1.37. The highest BCUT2D eigenvalue weighted by Gasteiger charge is 2.11. The van der Waals surface area contributed by atoms with E-state index in [2.05, 4.69) is 34.2 Å². The quantitative estimate of drug-likeness (QED) is 0.270. The summed E-state index contributed by atoms with van der Waals surface area (Å²) < 4.78 is 21.9. The van der Waals surface area contributed by atoms with Crippen molar-refractivity contribution >= 4 is 0 Å². The maximum Gasteiger partial charge on any atom is 0.163 e. The van der Waals surface area contributed by atoms with Crippen LogP contribution in [0.2, 0.25) is 0 Å². The Labute approximate surface area is 212 Å². The molecular formula is C30H32N2O4. The first-order chi connectivity index (χ1) is 17.7. The Morgan fingerprint density at radius 3 is 1.28 bits per heavy atom. The maximum atomic E-state index is 5.55. The number of para-hydroxylation sites is 2. The SMILES string of the molecule is COc1cccc(CCc2ccc(-c3ccc(CCc4cccc(OC)c4OC)cn3)nc2)c1OC. The number of benzene rings is 2. The monoisotopic (exact) mass is 484 g/mol. The van der Waals surface area contributed by atoms with Crippen LogP contribution in [0.25, 0.3) is 11.4 Å². The van der Waals surface area contributed by atoms with Gasteiger partial charge >= 0.3 is 0 Å². The highest BCUT2D eigenvalue weighted by Crippen LogP contribution is 2.32. The second-order valence-electron chi connectivity index (χ2n) is 8.41. The number of hydrogen-bond donors (Lipinski definition) is 0. The van der Waals surface area contributed by atoms with E-state index in [-0.39, 0.29) is 0 Å². The van der Waals surface area contributed by atoms with Crippen molar-refractivity contribution in [3.05, 3.63) is 95.3 Å². The molecule has 0 saturated heterocycles. The minimum Gasteiger partial charge on any atom is -0.493 e. The second kappa shape index (κ2) is 12.1. The number of nitrogens with zero attached hydrogens (tertiary/aromatic N) is 2. The molecule has 0 bridgehead atoms. The van der Waals surface area contributed by atoms with Gasteiger partial charge in [0, 0.05) is 12.4 Å². The molecule has 4 aromatic rings. The van der Waals surface area contributed by atoms with Crippen LogP contribution in [0.15, 0.2) is 73.1 Å². The summed E-state index contributed by atoms with van der Waals surface area (Å²) in [4.78, 5) is 9.31. The minimum atomic E-state index is 0.751. The van der Waals surface area contributed by atoms with Gasteiger partial charge in [-0.2, -0.15) is 0 Å². The molecule has 0 aliphatic rings. The van der Waals surface area contributed by atoms with E-state index < -0.39 is 0 Å². The molecule has 4 rings (SSSR count). The fourth-order valence-electron chi connectivity index (χ4n) is 4.31. The zero-order valence-electron chi connectivity index (χ0n) is 21.3. The van der Waals surface area contributed by atoms with Gasteiger partial charge < -0.3 is 18.9 Å². The standard InChI is InChI=1S/C30H32N2O4/c1-33-27-9-5-7-23(29(27)35-3)15-11-21-13-17-25(31-19-21)26-18-14-22(20-32-26)12-16-24-8-6-10-28(34-2)30(24)36-4/h5-10,13-14,17-20H,11-12,15-16H2,1-4H3. The predicted molar refractivity (Wildman–Crippen MR) is 141 cm³/mol. The average Bonchev–Trinajstić information content (AvgIpc) is 2.94. The summed E-state index contributed by atoms with van der Waals surface area (Å²) in [6.45, 7) is 0. The van der Waals surface area contributed by atoms with Crippen LogP contribution in [-0.2, 0) is 25.7 Å². The molecule has 0 amide bonds. The van der Waals surface area contributed by atoms with Crippen molar-refractivity contribution in [3.63, 3.8) is 0 Å². The van der Waals surface area contributed by atoms with E-state index in [4.69, 9.17) is 18.9 Å². The van der Waals surface area contributed by atoms with E-state index in [1.807, 2.05) is 48.8 Å². The van der Waals surface area contributed by atoms with Crippen molar-refractivity contribution in [3.8, 4) is 34.4 Å². The molecule has 0 aliphatic carbocycles. The first-order valence-corrected chi connectivity index (χ1v) is 12.0. The Morgan fingerprint density at radius 1 is 0.500 bits per heavy atom. The first kappa shape index (κ1) is 25.0. The fourth-order valence-corrected chi connectivity index (χ4v) is 4.31. The van der Waals surface area contributed by atoms with Crippen molar-refractivity contribution in [1.29, 1.82) is 0 Å². The minimum absolute atomic E-state index is 0.751. The van der Waals surface area contributed by atoms with Crippen molar-refractivity contribution < 1.29 is 18.9 Å². The number of pyridine rings is 2. The molecule has 2 heterocycles. The second-order valence-corrected chi connectivity index (χ2v) is 8.41. The summed E-state index contributed by atoms with van der Waals surface area (Å²) in [5.74, 6) is 3.08. The normalized spacial score (nSPS) is 10.7. The fraction of sp³-hybridized carbons (Fsp3) is 0.267. The van der Waals surface area contributed by atoms with Gasteiger partial charge in [0.15, 0.2) is 23.0 Å². The van der Waals surface area contributed by atoms with Gasteiger partial charge in [0.25, 0.3) is 0 Å². The van der Waals surface area contributed by atoms with Gasteiger partial charge in [-0.25, -0.2) is 0 Å². The van der Waals surface area contributed by atoms with Crippen LogP contribution < -0.4 is 18.9 Å². The molecule has 36 heavy (non-hydrogen) atoms. The van der Waals surface area contributed by atoms with Crippen LogP contribution in [0.5, 0.6) is 23.0 Å². The third-order valence-corrected chi connectivity index (χ3v) is 6.25. The van der Waals surface area contributed by atoms with Gasteiger partial charge in [0.2, 0.25) is 0 Å². The Morgan fingerprint density at radius 2 is 0.944 bits per heavy atom. The van der Waals surface area contributed by atoms with Crippen molar-refractivity contribution in [2.24, 2.45) is 0 Å². The van der Waals surface area contributed by atoms with Crippen molar-refractivity contribution in [2.75, 3.05) is 28.4 Å². The molecule has 2 aromatic carbocycles. The van der Waals surface area contributed by atoms with E-state index in [9.17, 15) is 0 Å². The Kier molecular flexibility index (Phi) is 8.40. The summed E-state index contributed by atoms with van der Waals surface area (Å²) in [5, 5.41) is 0. The molecule has 0 saturated carbocycles. The number of aromatic nitrogens is 2. The van der Waals surface area contributed by atoms with E-state index >= 15 is 0 Å². The van der Waals surface area contributed by atoms with Crippen LogP contribution in [0.3, 0.4) is 0 Å². The lowest BCUT2D eigenvalue weighted by molar-refractivity contribution is 0.351. The molecular weight excluding hydrogens is 452 g/mol. The lowest BCUT2D eigenvalue weighted by Crippen LogP contribution is -1.99. The van der Waals surface area contributed by atoms with Gasteiger partial charge in [-0.1, -0.05) is 36.4 Å². The van der Waals surface area contributed by atoms with Crippen LogP contribution in [-0.4, -0.2) is 38.4 Å². The van der Waals surface area contributed by atoms with Gasteiger partial charge in [0.05, 0.1) is 39.8 Å². The topological polar surface area (TPSA) is 62.7 Å². The third-order valence-electron chi connectivity index (χ3n) is 6.25. The highest BCUT2D eigenvalue weighted by molar-refractivity contribution is 5.54. The first-order valence-electron chi connectivity index (χ1n) is 12.0. The van der Waals surface area contributed by atoms with Gasteiger partial charge in [-0.05, 0) is 72.2 Å². The van der Waals surface area contributed by atoms with E-state index in [0.29, 0.717) is 0 Å². The molecule has 186 valence electrons. The maximum absolute atomic E-state index is 5.55.